The van der Waals surface area contributed by atoms with Crippen molar-refractivity contribution in [3.63, 3.8) is 0 Å². The maximum Gasteiger partial charge on any atom is 0.0940 e. The second-order valence-electron chi connectivity index (χ2n) is 2.56. The molecule has 0 saturated carbocycles. The molecule has 1 nitrogen and oxygen atoms in total. The van der Waals surface area contributed by atoms with Gasteiger partial charge in [0.2, 0.25) is 0 Å². The topological polar surface area (TPSA) is 23.8 Å². The van der Waals surface area contributed by atoms with Gasteiger partial charge in [0, 0.05) is 5.57 Å². The van der Waals surface area contributed by atoms with Gasteiger partial charge in [-0.05, 0) is 19.8 Å². The highest BCUT2D eigenvalue weighted by molar-refractivity contribution is 5.15. The Kier molecular flexibility index (Phi) is 10.3. The summed E-state index contributed by atoms with van der Waals surface area (Å²) in [5.74, 6) is 0.648. The third-order valence-corrected chi connectivity index (χ3v) is 1.08. The first-order valence-electron chi connectivity index (χ1n) is 3.74. The summed E-state index contributed by atoms with van der Waals surface area (Å²) in [5, 5.41) is 8.02. The molecule has 0 rings (SSSR count). The van der Waals surface area contributed by atoms with Crippen LogP contribution in [0, 0.1) is 17.2 Å². The predicted molar refractivity (Wildman–Crippen MR) is 50.1 cm³/mol. The molecule has 0 unspecified atom stereocenters. The van der Waals surface area contributed by atoms with Gasteiger partial charge in [0.1, 0.15) is 0 Å². The molecule has 0 atom stereocenters. The molecule has 0 amide bonds. The van der Waals surface area contributed by atoms with Crippen LogP contribution in [-0.4, -0.2) is 0 Å². The lowest BCUT2D eigenvalue weighted by atomic mass is 10.2. The molecule has 0 aliphatic rings. The van der Waals surface area contributed by atoms with Crippen LogP contribution < -0.4 is 0 Å². The summed E-state index contributed by atoms with van der Waals surface area (Å²) in [6.07, 6.45) is 3.69. The first-order chi connectivity index (χ1) is 5.08. The number of allylic oxidation sites excluding steroid dienone is 3. The summed E-state index contributed by atoms with van der Waals surface area (Å²) >= 11 is 0. The molecule has 0 aromatic heterocycles. The Morgan fingerprint density at radius 3 is 1.91 bits per heavy atom. The molecule has 0 aliphatic heterocycles. The highest BCUT2D eigenvalue weighted by Gasteiger charge is 1.73. The van der Waals surface area contributed by atoms with Gasteiger partial charge in [-0.25, -0.2) is 0 Å². The zero-order valence-electron chi connectivity index (χ0n) is 7.89. The SMILES string of the molecule is C/C=C(\C)C#N.C=CC(C)C. The number of nitrogens with zero attached hydrogens (tertiary/aromatic N) is 1. The molecule has 0 spiro atoms. The van der Waals surface area contributed by atoms with E-state index in [1.165, 1.54) is 0 Å². The Labute approximate surface area is 70.0 Å². The van der Waals surface area contributed by atoms with Crippen LogP contribution in [0.1, 0.15) is 27.7 Å². The second kappa shape index (κ2) is 8.97. The van der Waals surface area contributed by atoms with Crippen LogP contribution in [0.15, 0.2) is 24.3 Å². The highest BCUT2D eigenvalue weighted by Crippen LogP contribution is 1.87. The van der Waals surface area contributed by atoms with Gasteiger partial charge >= 0.3 is 0 Å². The van der Waals surface area contributed by atoms with Crippen molar-refractivity contribution in [2.45, 2.75) is 27.7 Å². The van der Waals surface area contributed by atoms with E-state index in [2.05, 4.69) is 20.4 Å². The quantitative estimate of drug-likeness (QED) is 0.416. The van der Waals surface area contributed by atoms with Gasteiger partial charge in [-0.2, -0.15) is 5.26 Å². The average molecular weight is 151 g/mol. The lowest BCUT2D eigenvalue weighted by Crippen LogP contribution is -1.71. The van der Waals surface area contributed by atoms with Crippen LogP contribution >= 0.6 is 0 Å². The fourth-order valence-corrected chi connectivity index (χ4v) is 0.0645. The number of hydrogen-bond acceptors (Lipinski definition) is 1. The van der Waals surface area contributed by atoms with Crippen LogP contribution in [0.4, 0.5) is 0 Å². The summed E-state index contributed by atoms with van der Waals surface area (Å²) < 4.78 is 0. The van der Waals surface area contributed by atoms with Gasteiger partial charge in [-0.3, -0.25) is 0 Å². The first kappa shape index (κ1) is 12.6. The van der Waals surface area contributed by atoms with Crippen molar-refractivity contribution in [2.75, 3.05) is 0 Å². The van der Waals surface area contributed by atoms with E-state index in [0.717, 1.165) is 5.57 Å². The molecule has 0 aromatic carbocycles. The minimum atomic E-state index is 0.648. The van der Waals surface area contributed by atoms with Gasteiger partial charge in [-0.1, -0.05) is 26.0 Å². The highest BCUT2D eigenvalue weighted by atomic mass is 14.2. The van der Waals surface area contributed by atoms with Gasteiger partial charge < -0.3 is 0 Å². The van der Waals surface area contributed by atoms with Crippen LogP contribution in [0.3, 0.4) is 0 Å². The fourth-order valence-electron chi connectivity index (χ4n) is 0.0645. The van der Waals surface area contributed by atoms with Gasteiger partial charge in [0.05, 0.1) is 6.07 Å². The molecule has 11 heavy (non-hydrogen) atoms. The Morgan fingerprint density at radius 2 is 1.91 bits per heavy atom. The molecule has 0 fully saturated rings. The van der Waals surface area contributed by atoms with E-state index < -0.39 is 0 Å². The van der Waals surface area contributed by atoms with Gasteiger partial charge in [-0.15, -0.1) is 6.58 Å². The number of nitriles is 1. The molecule has 0 aromatic rings. The Balaban J connectivity index is 0. The van der Waals surface area contributed by atoms with Crippen molar-refractivity contribution in [3.8, 4) is 6.07 Å². The van der Waals surface area contributed by atoms with Gasteiger partial charge in [0.15, 0.2) is 0 Å². The normalized spacial score (nSPS) is 9.64. The van der Waals surface area contributed by atoms with Crippen molar-refractivity contribution < 1.29 is 0 Å². The smallest absolute Gasteiger partial charge is 0.0940 e. The molecular weight excluding hydrogens is 134 g/mol. The van der Waals surface area contributed by atoms with Crippen molar-refractivity contribution in [1.82, 2.24) is 0 Å². The molecule has 0 saturated heterocycles. The van der Waals surface area contributed by atoms with Crippen LogP contribution in [0.2, 0.25) is 0 Å². The van der Waals surface area contributed by atoms with Crippen LogP contribution in [-0.2, 0) is 0 Å². The van der Waals surface area contributed by atoms with E-state index in [1.807, 2.05) is 19.1 Å². The van der Waals surface area contributed by atoms with E-state index in [9.17, 15) is 0 Å². The Morgan fingerprint density at radius 1 is 1.55 bits per heavy atom. The standard InChI is InChI=1S/C5H7N.C5H10/c1-3-5(2)4-6;1-4-5(2)3/h3H,1-2H3;4-5H,1H2,2-3H3/b5-3+;. The second-order valence-corrected chi connectivity index (χ2v) is 2.56. The van der Waals surface area contributed by atoms with Crippen LogP contribution in [0.25, 0.3) is 0 Å². The summed E-state index contributed by atoms with van der Waals surface area (Å²) in [7, 11) is 0. The van der Waals surface area contributed by atoms with Gasteiger partial charge in [0.25, 0.3) is 0 Å². The van der Waals surface area contributed by atoms with Crippen molar-refractivity contribution in [3.05, 3.63) is 24.3 Å². The number of rotatable bonds is 1. The number of hydrogen-bond donors (Lipinski definition) is 0. The van der Waals surface area contributed by atoms with E-state index in [4.69, 9.17) is 5.26 Å². The first-order valence-corrected chi connectivity index (χ1v) is 3.74. The Hall–Kier alpha value is -1.03. The van der Waals surface area contributed by atoms with E-state index >= 15 is 0 Å². The molecular formula is C10H17N. The summed E-state index contributed by atoms with van der Waals surface area (Å²) in [5.41, 5.74) is 0.773. The molecule has 0 heterocycles. The largest absolute Gasteiger partial charge is 0.193 e. The molecule has 1 heteroatoms. The van der Waals surface area contributed by atoms with E-state index in [-0.39, 0.29) is 0 Å². The van der Waals surface area contributed by atoms with E-state index in [0.29, 0.717) is 5.92 Å². The molecule has 62 valence electrons. The van der Waals surface area contributed by atoms with Crippen LogP contribution in [0.5, 0.6) is 0 Å². The monoisotopic (exact) mass is 151 g/mol. The lowest BCUT2D eigenvalue weighted by molar-refractivity contribution is 0.835. The molecule has 0 aliphatic carbocycles. The third-order valence-electron chi connectivity index (χ3n) is 1.08. The molecule has 0 bridgehead atoms. The summed E-state index contributed by atoms with van der Waals surface area (Å²) in [4.78, 5) is 0. The third kappa shape index (κ3) is 17.6. The fraction of sp³-hybridized carbons (Fsp3) is 0.500. The lowest BCUT2D eigenvalue weighted by Gasteiger charge is -1.84. The van der Waals surface area contributed by atoms with Crippen molar-refractivity contribution in [2.24, 2.45) is 5.92 Å². The zero-order valence-corrected chi connectivity index (χ0v) is 7.89. The molecule has 0 radical (unpaired) electrons. The minimum absolute atomic E-state index is 0.648. The van der Waals surface area contributed by atoms with Crippen molar-refractivity contribution >= 4 is 0 Å². The Bertz CT molecular complexity index is 158. The summed E-state index contributed by atoms with van der Waals surface area (Å²) in [6.45, 7) is 11.4. The zero-order chi connectivity index (χ0) is 9.28. The van der Waals surface area contributed by atoms with E-state index in [1.54, 1.807) is 13.0 Å². The maximum absolute atomic E-state index is 8.02. The molecule has 0 N–H and O–H groups in total. The summed E-state index contributed by atoms with van der Waals surface area (Å²) in [6, 6.07) is 1.98. The average Bonchev–Trinajstić information content (AvgIpc) is 2.04. The predicted octanol–water partition coefficient (Wildman–Crippen LogP) is 3.30. The van der Waals surface area contributed by atoms with Crippen molar-refractivity contribution in [1.29, 1.82) is 5.26 Å². The maximum atomic E-state index is 8.02. The minimum Gasteiger partial charge on any atom is -0.193 e.